The van der Waals surface area contributed by atoms with E-state index < -0.39 is 0 Å². The van der Waals surface area contributed by atoms with Crippen molar-refractivity contribution >= 4 is 34.8 Å². The molecule has 1 atom stereocenters. The van der Waals surface area contributed by atoms with E-state index >= 15 is 0 Å². The Morgan fingerprint density at radius 2 is 2.13 bits per heavy atom. The summed E-state index contributed by atoms with van der Waals surface area (Å²) in [5.74, 6) is -0.252. The second-order valence-electron chi connectivity index (χ2n) is 7.16. The predicted molar refractivity (Wildman–Crippen MR) is 114 cm³/mol. The zero-order valence-corrected chi connectivity index (χ0v) is 16.5. The molecular weight excluding hydrogens is 384 g/mol. The highest BCUT2D eigenvalue weighted by molar-refractivity contribution is 6.13. The third-order valence-electron chi connectivity index (χ3n) is 5.04. The van der Waals surface area contributed by atoms with Gasteiger partial charge >= 0.3 is 0 Å². The molecule has 0 aromatic heterocycles. The summed E-state index contributed by atoms with van der Waals surface area (Å²) in [5, 5.41) is 8.92. The Morgan fingerprint density at radius 3 is 2.93 bits per heavy atom. The van der Waals surface area contributed by atoms with Crippen LogP contribution in [0.25, 0.3) is 0 Å². The fourth-order valence-corrected chi connectivity index (χ4v) is 3.56. The van der Waals surface area contributed by atoms with Gasteiger partial charge in [-0.15, -0.1) is 0 Å². The molecule has 3 amide bonds. The molecule has 0 aliphatic carbocycles. The van der Waals surface area contributed by atoms with Crippen LogP contribution in [-0.4, -0.2) is 43.5 Å². The number of nitrogens with one attached hydrogen (secondary N) is 3. The molecule has 0 saturated heterocycles. The molecule has 0 fully saturated rings. The molecule has 3 N–H and O–H groups in total. The fraction of sp³-hybridized carbons (Fsp3) is 0.227. The molecule has 2 aliphatic rings. The van der Waals surface area contributed by atoms with E-state index in [1.807, 2.05) is 6.92 Å². The topological polar surface area (TPSA) is 99.8 Å². The first kappa shape index (κ1) is 19.5. The van der Waals surface area contributed by atoms with Crippen molar-refractivity contribution in [3.05, 3.63) is 60.2 Å². The van der Waals surface area contributed by atoms with Crippen LogP contribution in [0.2, 0.25) is 0 Å². The van der Waals surface area contributed by atoms with E-state index in [9.17, 15) is 14.4 Å². The summed E-state index contributed by atoms with van der Waals surface area (Å²) in [6, 6.07) is 10.1. The van der Waals surface area contributed by atoms with Crippen molar-refractivity contribution in [2.24, 2.45) is 0 Å². The normalized spacial score (nSPS) is 17.3. The van der Waals surface area contributed by atoms with E-state index in [0.29, 0.717) is 53.6 Å². The first-order valence-corrected chi connectivity index (χ1v) is 9.68. The van der Waals surface area contributed by atoms with Gasteiger partial charge < -0.3 is 25.6 Å². The van der Waals surface area contributed by atoms with Crippen LogP contribution < -0.4 is 25.6 Å². The zero-order chi connectivity index (χ0) is 21.3. The number of benzene rings is 2. The number of nitrogens with zero attached hydrogens (tertiary/aromatic N) is 1. The van der Waals surface area contributed by atoms with Crippen molar-refractivity contribution in [2.45, 2.75) is 13.0 Å². The molecule has 4 rings (SSSR count). The Morgan fingerprint density at radius 1 is 1.30 bits per heavy atom. The van der Waals surface area contributed by atoms with E-state index in [1.165, 1.54) is 6.08 Å². The third kappa shape index (κ3) is 3.59. The van der Waals surface area contributed by atoms with Crippen LogP contribution in [0.1, 0.15) is 27.6 Å². The van der Waals surface area contributed by atoms with Crippen LogP contribution in [0.4, 0.5) is 17.1 Å². The fourth-order valence-electron chi connectivity index (χ4n) is 3.56. The molecule has 154 valence electrons. The van der Waals surface area contributed by atoms with Gasteiger partial charge in [0.25, 0.3) is 17.7 Å². The lowest BCUT2D eigenvalue weighted by molar-refractivity contribution is -0.114. The summed E-state index contributed by atoms with van der Waals surface area (Å²) >= 11 is 0. The monoisotopic (exact) mass is 406 g/mol. The molecule has 0 bridgehead atoms. The van der Waals surface area contributed by atoms with Crippen LogP contribution >= 0.6 is 0 Å². The number of carbonyl (C=O) groups excluding carboxylic acids is 3. The van der Waals surface area contributed by atoms with Gasteiger partial charge in [0.05, 0.1) is 29.0 Å². The van der Waals surface area contributed by atoms with Gasteiger partial charge in [0, 0.05) is 18.3 Å². The van der Waals surface area contributed by atoms with Gasteiger partial charge in [-0.05, 0) is 43.3 Å². The Labute approximate surface area is 173 Å². The van der Waals surface area contributed by atoms with E-state index in [2.05, 4.69) is 22.5 Å². The number of para-hydroxylation sites is 1. The number of amides is 3. The highest BCUT2D eigenvalue weighted by atomic mass is 16.5. The number of anilines is 3. The maximum atomic E-state index is 13.0. The van der Waals surface area contributed by atoms with Crippen molar-refractivity contribution < 1.29 is 19.1 Å². The lowest BCUT2D eigenvalue weighted by Gasteiger charge is -2.29. The molecule has 8 heteroatoms. The largest absolute Gasteiger partial charge is 0.490 e. The number of ether oxygens (including phenoxy) is 1. The molecule has 0 unspecified atom stereocenters. The maximum absolute atomic E-state index is 13.0. The summed E-state index contributed by atoms with van der Waals surface area (Å²) in [5.41, 5.74) is 2.37. The van der Waals surface area contributed by atoms with Crippen molar-refractivity contribution in [3.63, 3.8) is 0 Å². The molecule has 0 radical (unpaired) electrons. The highest BCUT2D eigenvalue weighted by Gasteiger charge is 2.25. The first-order valence-electron chi connectivity index (χ1n) is 9.68. The van der Waals surface area contributed by atoms with Crippen molar-refractivity contribution in [2.75, 3.05) is 35.2 Å². The van der Waals surface area contributed by atoms with Crippen molar-refractivity contribution in [1.29, 1.82) is 0 Å². The highest BCUT2D eigenvalue weighted by Crippen LogP contribution is 2.35. The Kier molecular flexibility index (Phi) is 5.14. The molecule has 2 aromatic rings. The van der Waals surface area contributed by atoms with Crippen LogP contribution in [0.15, 0.2) is 49.1 Å². The Bertz CT molecular complexity index is 1050. The van der Waals surface area contributed by atoms with Gasteiger partial charge in [-0.1, -0.05) is 12.6 Å². The van der Waals surface area contributed by atoms with Gasteiger partial charge in [-0.25, -0.2) is 0 Å². The quantitative estimate of drug-likeness (QED) is 0.680. The van der Waals surface area contributed by atoms with Gasteiger partial charge in [0.2, 0.25) is 0 Å². The summed E-state index contributed by atoms with van der Waals surface area (Å²) in [7, 11) is 0. The van der Waals surface area contributed by atoms with E-state index in [-0.39, 0.29) is 23.8 Å². The van der Waals surface area contributed by atoms with Gasteiger partial charge in [0.1, 0.15) is 12.4 Å². The first-order chi connectivity index (χ1) is 14.5. The van der Waals surface area contributed by atoms with Gasteiger partial charge in [0.15, 0.2) is 0 Å². The predicted octanol–water partition coefficient (Wildman–Crippen LogP) is 2.39. The van der Waals surface area contributed by atoms with E-state index in [4.69, 9.17) is 4.74 Å². The Balaban J connectivity index is 1.63. The molecule has 2 aliphatic heterocycles. The van der Waals surface area contributed by atoms with Crippen LogP contribution in [0.3, 0.4) is 0 Å². The zero-order valence-electron chi connectivity index (χ0n) is 16.5. The number of hydrogen-bond donors (Lipinski definition) is 3. The number of rotatable bonds is 3. The second kappa shape index (κ2) is 7.90. The van der Waals surface area contributed by atoms with Crippen molar-refractivity contribution in [3.8, 4) is 5.75 Å². The average Bonchev–Trinajstić information content (AvgIpc) is 2.90. The third-order valence-corrected chi connectivity index (χ3v) is 5.04. The average molecular weight is 406 g/mol. The van der Waals surface area contributed by atoms with Gasteiger partial charge in [-0.2, -0.15) is 0 Å². The second-order valence-corrected chi connectivity index (χ2v) is 7.16. The maximum Gasteiger partial charge on any atom is 0.257 e. The molecule has 2 aromatic carbocycles. The molecule has 0 spiro atoms. The number of carbonyl (C=O) groups is 3. The molecule has 8 nitrogen and oxygen atoms in total. The van der Waals surface area contributed by atoms with Crippen LogP contribution in [-0.2, 0) is 4.79 Å². The van der Waals surface area contributed by atoms with E-state index in [0.717, 1.165) is 0 Å². The molecule has 0 saturated carbocycles. The van der Waals surface area contributed by atoms with Crippen LogP contribution in [0.5, 0.6) is 5.75 Å². The smallest absolute Gasteiger partial charge is 0.257 e. The van der Waals surface area contributed by atoms with Crippen LogP contribution in [0, 0.1) is 0 Å². The summed E-state index contributed by atoms with van der Waals surface area (Å²) in [6.07, 6.45) is 1.25. The lowest BCUT2D eigenvalue weighted by atomic mass is 10.1. The minimum atomic E-state index is -0.361. The Hall–Kier alpha value is -3.81. The lowest BCUT2D eigenvalue weighted by Crippen LogP contribution is -2.36. The summed E-state index contributed by atoms with van der Waals surface area (Å²) < 4.78 is 5.61. The minimum absolute atomic E-state index is 0.0603. The molecule has 30 heavy (non-hydrogen) atoms. The van der Waals surface area contributed by atoms with E-state index in [1.54, 1.807) is 41.3 Å². The summed E-state index contributed by atoms with van der Waals surface area (Å²) in [4.78, 5) is 39.1. The molecule has 2 heterocycles. The summed E-state index contributed by atoms with van der Waals surface area (Å²) in [6.45, 7) is 6.73. The standard InChI is InChI=1S/C22H22N4O4/c1-3-19(27)26-9-10-30-18-8-7-14(11-17(18)26)25-22(29)16-6-4-5-15-20(16)23-12-13(2)24-21(15)28/h3-8,11,13,23H,1,9-10,12H2,2H3,(H,24,28)(H,25,29)/t13-/m1/s1. The minimum Gasteiger partial charge on any atom is -0.490 e. The molecular formula is C22H22N4O4. The SMILES string of the molecule is C=CC(=O)N1CCOc2ccc(NC(=O)c3cccc4c3NC[C@@H](C)NC4=O)cc21. The number of fused-ring (bicyclic) bond motifs is 2. The van der Waals surface area contributed by atoms with Crippen molar-refractivity contribution in [1.82, 2.24) is 5.32 Å². The van der Waals surface area contributed by atoms with Gasteiger partial charge in [-0.3, -0.25) is 14.4 Å². The number of hydrogen-bond acceptors (Lipinski definition) is 5.